The third-order valence-corrected chi connectivity index (χ3v) is 4.05. The van der Waals surface area contributed by atoms with E-state index < -0.39 is 30.1 Å². The van der Waals surface area contributed by atoms with Crippen LogP contribution < -0.4 is 20.5 Å². The van der Waals surface area contributed by atoms with E-state index in [0.29, 0.717) is 11.5 Å². The van der Waals surface area contributed by atoms with Gasteiger partial charge in [-0.1, -0.05) is 48.6 Å². The van der Waals surface area contributed by atoms with Crippen molar-refractivity contribution in [2.24, 2.45) is 5.73 Å². The number of hydrogen-bond donors (Lipinski definition) is 2. The highest BCUT2D eigenvalue weighted by Gasteiger charge is 2.41. The molecule has 0 saturated heterocycles. The Bertz CT molecular complexity index is 902. The maximum Gasteiger partial charge on any atom is 0.321 e. The second kappa shape index (κ2) is 11.8. The molecule has 31 heavy (non-hydrogen) atoms. The minimum absolute atomic E-state index is 0.145. The average molecular weight is 423 g/mol. The first-order valence-electron chi connectivity index (χ1n) is 9.51. The number of primary amides is 1. The first-order valence-corrected chi connectivity index (χ1v) is 9.51. The van der Waals surface area contributed by atoms with E-state index in [1.807, 2.05) is 0 Å². The van der Waals surface area contributed by atoms with Crippen LogP contribution in [0.2, 0.25) is 0 Å². The summed E-state index contributed by atoms with van der Waals surface area (Å²) in [5, 5.41) is 2.60. The summed E-state index contributed by atoms with van der Waals surface area (Å²) in [4.78, 5) is 38.8. The van der Waals surface area contributed by atoms with Gasteiger partial charge in [0.2, 0.25) is 12.2 Å². The molecule has 162 valence electrons. The molecule has 4 amide bonds. The lowest BCUT2D eigenvalue weighted by atomic mass is 10.1. The zero-order chi connectivity index (χ0) is 22.6. The van der Waals surface area contributed by atoms with E-state index >= 15 is 0 Å². The molecule has 2 aromatic rings. The van der Waals surface area contributed by atoms with E-state index in [-0.39, 0.29) is 13.1 Å². The lowest BCUT2D eigenvalue weighted by molar-refractivity contribution is -0.146. The lowest BCUT2D eigenvalue weighted by Gasteiger charge is -2.29. The van der Waals surface area contributed by atoms with E-state index in [9.17, 15) is 14.4 Å². The monoisotopic (exact) mass is 423 g/mol. The fourth-order valence-corrected chi connectivity index (χ4v) is 2.63. The third-order valence-electron chi connectivity index (χ3n) is 4.05. The second-order valence-electron chi connectivity index (χ2n) is 6.31. The zero-order valence-electron chi connectivity index (χ0n) is 17.0. The van der Waals surface area contributed by atoms with E-state index in [2.05, 4.69) is 18.5 Å². The van der Waals surface area contributed by atoms with Gasteiger partial charge in [-0.2, -0.15) is 0 Å². The predicted molar refractivity (Wildman–Crippen MR) is 116 cm³/mol. The van der Waals surface area contributed by atoms with Gasteiger partial charge in [-0.25, -0.2) is 4.79 Å². The third kappa shape index (κ3) is 6.74. The summed E-state index contributed by atoms with van der Waals surface area (Å²) in [6.07, 6.45) is -0.117. The summed E-state index contributed by atoms with van der Waals surface area (Å²) in [6.45, 7) is 7.09. The number of ether oxygens (including phenoxy) is 2. The van der Waals surface area contributed by atoms with Crippen LogP contribution in [0.25, 0.3) is 0 Å². The molecule has 8 nitrogen and oxygen atoms in total. The molecule has 0 aliphatic rings. The molecular weight excluding hydrogens is 398 g/mol. The van der Waals surface area contributed by atoms with Crippen LogP contribution in [0.4, 0.5) is 4.79 Å². The molecule has 0 fully saturated rings. The van der Waals surface area contributed by atoms with Crippen molar-refractivity contribution in [1.29, 1.82) is 0 Å². The molecule has 2 aromatic carbocycles. The lowest BCUT2D eigenvalue weighted by Crippen LogP contribution is -2.57. The molecular formula is C23H25N3O5. The Morgan fingerprint density at radius 3 is 1.87 bits per heavy atom. The van der Waals surface area contributed by atoms with E-state index in [4.69, 9.17) is 15.2 Å². The summed E-state index contributed by atoms with van der Waals surface area (Å²) < 4.78 is 11.7. The van der Waals surface area contributed by atoms with Crippen LogP contribution in [0.1, 0.15) is 0 Å². The predicted octanol–water partition coefficient (Wildman–Crippen LogP) is 2.28. The Morgan fingerprint density at radius 2 is 1.42 bits per heavy atom. The summed E-state index contributed by atoms with van der Waals surface area (Å²) in [5.41, 5.74) is 5.37. The summed E-state index contributed by atoms with van der Waals surface area (Å²) >= 11 is 0. The van der Waals surface area contributed by atoms with Gasteiger partial charge in [0, 0.05) is 13.1 Å². The van der Waals surface area contributed by atoms with Gasteiger partial charge in [0.1, 0.15) is 11.5 Å². The van der Waals surface area contributed by atoms with Gasteiger partial charge in [-0.05, 0) is 24.3 Å². The normalized spacial score (nSPS) is 12.0. The number of imide groups is 1. The molecule has 0 spiro atoms. The van der Waals surface area contributed by atoms with E-state index in [1.54, 1.807) is 60.7 Å². The van der Waals surface area contributed by atoms with Gasteiger partial charge in [0.05, 0.1) is 0 Å². The minimum atomic E-state index is -1.51. The SMILES string of the molecule is C=CCNC(=O)[C@H](Oc1ccccc1)[C@@H](Oc1ccccc1)C(=O)N(CC=C)C(N)=O. The van der Waals surface area contributed by atoms with Gasteiger partial charge in [0.25, 0.3) is 11.8 Å². The maximum atomic E-state index is 13.3. The molecule has 0 unspecified atom stereocenters. The quantitative estimate of drug-likeness (QED) is 0.539. The summed E-state index contributed by atoms with van der Waals surface area (Å²) in [5.74, 6) is -0.820. The number of amides is 4. The molecule has 0 bridgehead atoms. The standard InChI is InChI=1S/C23H25N3O5/c1-3-15-25-21(27)19(30-17-11-7-5-8-12-17)20(31-18-13-9-6-10-14-18)22(28)26(16-4-2)23(24)29/h3-14,19-20H,1-2,15-16H2,(H2,24,29)(H,25,27)/t19-,20-/m1/s1. The minimum Gasteiger partial charge on any atom is -0.476 e. The number of carbonyl (C=O) groups is 3. The fourth-order valence-electron chi connectivity index (χ4n) is 2.63. The fraction of sp³-hybridized carbons (Fsp3) is 0.174. The van der Waals surface area contributed by atoms with Crippen molar-refractivity contribution in [1.82, 2.24) is 10.2 Å². The number of rotatable bonds is 11. The molecule has 3 N–H and O–H groups in total. The number of hydrogen-bond acceptors (Lipinski definition) is 5. The number of benzene rings is 2. The number of para-hydroxylation sites is 2. The Kier molecular flexibility index (Phi) is 8.85. The van der Waals surface area contributed by atoms with E-state index in [0.717, 1.165) is 4.90 Å². The Balaban J connectivity index is 2.47. The largest absolute Gasteiger partial charge is 0.476 e. The van der Waals surface area contributed by atoms with Gasteiger partial charge >= 0.3 is 6.03 Å². The number of urea groups is 1. The summed E-state index contributed by atoms with van der Waals surface area (Å²) in [7, 11) is 0. The number of carbonyl (C=O) groups excluding carboxylic acids is 3. The van der Waals surface area contributed by atoms with Gasteiger partial charge < -0.3 is 20.5 Å². The summed E-state index contributed by atoms with van der Waals surface area (Å²) in [6, 6.07) is 15.9. The Hall–Kier alpha value is -4.07. The second-order valence-corrected chi connectivity index (χ2v) is 6.31. The van der Waals surface area contributed by atoms with Crippen LogP contribution in [0.15, 0.2) is 86.0 Å². The molecule has 0 saturated carbocycles. The van der Waals surface area contributed by atoms with Crippen molar-refractivity contribution < 1.29 is 23.9 Å². The van der Waals surface area contributed by atoms with Crippen molar-refractivity contribution in [3.63, 3.8) is 0 Å². The molecule has 0 aromatic heterocycles. The molecule has 0 aliphatic heterocycles. The molecule has 0 radical (unpaired) electrons. The topological polar surface area (TPSA) is 111 Å². The van der Waals surface area contributed by atoms with Gasteiger partial charge in [-0.15, -0.1) is 13.2 Å². The molecule has 8 heteroatoms. The first kappa shape index (κ1) is 23.2. The van der Waals surface area contributed by atoms with Crippen molar-refractivity contribution in [2.75, 3.05) is 13.1 Å². The zero-order valence-corrected chi connectivity index (χ0v) is 17.0. The van der Waals surface area contributed by atoms with Crippen molar-refractivity contribution >= 4 is 17.8 Å². The van der Waals surface area contributed by atoms with Crippen molar-refractivity contribution in [2.45, 2.75) is 12.2 Å². The van der Waals surface area contributed by atoms with Crippen LogP contribution in [-0.2, 0) is 9.59 Å². The Labute approximate surface area is 180 Å². The van der Waals surface area contributed by atoms with Crippen molar-refractivity contribution in [3.8, 4) is 11.5 Å². The number of nitrogens with two attached hydrogens (primary N) is 1. The van der Waals surface area contributed by atoms with Crippen LogP contribution in [0.5, 0.6) is 11.5 Å². The van der Waals surface area contributed by atoms with Gasteiger partial charge in [-0.3, -0.25) is 14.5 Å². The highest BCUT2D eigenvalue weighted by Crippen LogP contribution is 2.19. The van der Waals surface area contributed by atoms with Crippen molar-refractivity contribution in [3.05, 3.63) is 86.0 Å². The van der Waals surface area contributed by atoms with Crippen LogP contribution in [-0.4, -0.2) is 48.0 Å². The number of nitrogens with zero attached hydrogens (tertiary/aromatic N) is 1. The number of nitrogens with one attached hydrogen (secondary N) is 1. The van der Waals surface area contributed by atoms with E-state index in [1.165, 1.54) is 12.2 Å². The average Bonchev–Trinajstić information content (AvgIpc) is 2.78. The molecule has 0 heterocycles. The van der Waals surface area contributed by atoms with Crippen LogP contribution in [0, 0.1) is 0 Å². The molecule has 0 aliphatic carbocycles. The molecule has 2 rings (SSSR count). The highest BCUT2D eigenvalue weighted by atomic mass is 16.6. The van der Waals surface area contributed by atoms with Gasteiger partial charge in [0.15, 0.2) is 0 Å². The maximum absolute atomic E-state index is 13.3. The van der Waals surface area contributed by atoms with Crippen LogP contribution in [0.3, 0.4) is 0 Å². The Morgan fingerprint density at radius 1 is 0.903 bits per heavy atom. The smallest absolute Gasteiger partial charge is 0.321 e. The molecule has 2 atom stereocenters. The highest BCUT2D eigenvalue weighted by molar-refractivity contribution is 5.99. The first-order chi connectivity index (χ1) is 15.0. The van der Waals surface area contributed by atoms with Crippen LogP contribution >= 0.6 is 0 Å².